The largest absolute Gasteiger partial charge is 0.631 e. The van der Waals surface area contributed by atoms with Crippen LogP contribution in [0.5, 0.6) is 0 Å². The predicted octanol–water partition coefficient (Wildman–Crippen LogP) is -2.34. The Labute approximate surface area is 69.9 Å². The third-order valence-corrected chi connectivity index (χ3v) is 0.502. The van der Waals surface area contributed by atoms with Crippen LogP contribution in [0.25, 0.3) is 0 Å². The smallest absolute Gasteiger partial charge is 0.460 e. The van der Waals surface area contributed by atoms with E-state index in [1.54, 1.807) is 0 Å². The average Bonchev–Trinajstić information content (AvgIpc) is 1.99. The fraction of sp³-hybridized carbons (Fsp3) is 0.400. The molecular formula is C5H11BO6. The van der Waals surface area contributed by atoms with Crippen molar-refractivity contribution in [2.24, 2.45) is 0 Å². The van der Waals surface area contributed by atoms with E-state index in [1.807, 2.05) is 0 Å². The number of hydrogen-bond donors (Lipinski definition) is 4. The number of rotatable bonds is 3. The van der Waals surface area contributed by atoms with Gasteiger partial charge < -0.3 is 24.9 Å². The van der Waals surface area contributed by atoms with E-state index in [0.717, 1.165) is 6.08 Å². The fourth-order valence-electron chi connectivity index (χ4n) is 0.205. The highest BCUT2D eigenvalue weighted by Crippen LogP contribution is 1.75. The number of esters is 1. The Balaban J connectivity index is 0. The molecule has 0 saturated carbocycles. The normalized spacial score (nSPS) is 7.67. The van der Waals surface area contributed by atoms with Gasteiger partial charge in [0.05, 0.1) is 6.61 Å². The zero-order chi connectivity index (χ0) is 9.98. The third kappa shape index (κ3) is 22.9. The minimum Gasteiger partial charge on any atom is -0.460 e. The van der Waals surface area contributed by atoms with Crippen molar-refractivity contribution in [3.63, 3.8) is 0 Å². The summed E-state index contributed by atoms with van der Waals surface area (Å²) in [5.41, 5.74) is 0. The van der Waals surface area contributed by atoms with Crippen LogP contribution in [0.15, 0.2) is 12.7 Å². The van der Waals surface area contributed by atoms with Crippen molar-refractivity contribution >= 4 is 13.3 Å². The van der Waals surface area contributed by atoms with Gasteiger partial charge in [0.2, 0.25) is 0 Å². The second kappa shape index (κ2) is 10.1. The Morgan fingerprint density at radius 1 is 1.50 bits per heavy atom. The number of aliphatic hydroxyl groups excluding tert-OH is 1. The Morgan fingerprint density at radius 2 is 1.92 bits per heavy atom. The second-order valence-corrected chi connectivity index (χ2v) is 1.44. The third-order valence-electron chi connectivity index (χ3n) is 0.502. The van der Waals surface area contributed by atoms with Gasteiger partial charge in [-0.2, -0.15) is 0 Å². The van der Waals surface area contributed by atoms with Crippen LogP contribution < -0.4 is 0 Å². The first-order chi connectivity index (χ1) is 5.54. The van der Waals surface area contributed by atoms with Crippen molar-refractivity contribution in [2.45, 2.75) is 0 Å². The summed E-state index contributed by atoms with van der Waals surface area (Å²) in [6, 6.07) is 0. The lowest BCUT2D eigenvalue weighted by Crippen LogP contribution is -2.07. The van der Waals surface area contributed by atoms with Gasteiger partial charge >= 0.3 is 13.3 Å². The van der Waals surface area contributed by atoms with Crippen LogP contribution in [-0.4, -0.2) is 46.7 Å². The molecule has 0 radical (unpaired) electrons. The van der Waals surface area contributed by atoms with Crippen molar-refractivity contribution in [1.29, 1.82) is 0 Å². The first-order valence-electron chi connectivity index (χ1n) is 2.98. The maximum atomic E-state index is 10.1. The Kier molecular flexibility index (Phi) is 11.5. The fourth-order valence-corrected chi connectivity index (χ4v) is 0.205. The van der Waals surface area contributed by atoms with Crippen molar-refractivity contribution in [3.05, 3.63) is 12.7 Å². The van der Waals surface area contributed by atoms with Crippen LogP contribution in [0.2, 0.25) is 0 Å². The van der Waals surface area contributed by atoms with Crippen LogP contribution in [0.1, 0.15) is 0 Å². The highest BCUT2D eigenvalue weighted by molar-refractivity contribution is 6.30. The van der Waals surface area contributed by atoms with Crippen molar-refractivity contribution in [3.8, 4) is 0 Å². The molecule has 0 aliphatic carbocycles. The SMILES string of the molecule is C=CC(=O)OCCO.OB(O)O. The first kappa shape index (κ1) is 13.7. The van der Waals surface area contributed by atoms with Gasteiger partial charge in [-0.05, 0) is 0 Å². The Hall–Kier alpha value is -0.885. The molecule has 0 aliphatic heterocycles. The molecule has 0 spiro atoms. The van der Waals surface area contributed by atoms with Crippen molar-refractivity contribution < 1.29 is 29.7 Å². The van der Waals surface area contributed by atoms with E-state index in [-0.39, 0.29) is 13.2 Å². The van der Waals surface area contributed by atoms with E-state index in [2.05, 4.69) is 11.3 Å². The lowest BCUT2D eigenvalue weighted by molar-refractivity contribution is -0.138. The predicted molar refractivity (Wildman–Crippen MR) is 40.7 cm³/mol. The van der Waals surface area contributed by atoms with Gasteiger partial charge in [0.25, 0.3) is 0 Å². The average molecular weight is 178 g/mol. The molecule has 0 atom stereocenters. The lowest BCUT2D eigenvalue weighted by Gasteiger charge is -1.94. The molecule has 7 heteroatoms. The Bertz CT molecular complexity index is 122. The van der Waals surface area contributed by atoms with Crippen LogP contribution >= 0.6 is 0 Å². The summed E-state index contributed by atoms with van der Waals surface area (Å²) < 4.78 is 4.33. The van der Waals surface area contributed by atoms with E-state index in [0.29, 0.717) is 0 Å². The minimum absolute atomic E-state index is 0.0465. The molecule has 12 heavy (non-hydrogen) atoms. The van der Waals surface area contributed by atoms with Gasteiger partial charge in [-0.25, -0.2) is 4.79 Å². The summed E-state index contributed by atoms with van der Waals surface area (Å²) in [7, 11) is -2.17. The van der Waals surface area contributed by atoms with Crippen LogP contribution in [-0.2, 0) is 9.53 Å². The quantitative estimate of drug-likeness (QED) is 0.219. The van der Waals surface area contributed by atoms with E-state index in [1.165, 1.54) is 0 Å². The number of hydrogen-bond acceptors (Lipinski definition) is 6. The highest BCUT2D eigenvalue weighted by atomic mass is 16.5. The molecule has 0 aromatic carbocycles. The molecule has 0 aliphatic rings. The van der Waals surface area contributed by atoms with E-state index < -0.39 is 13.3 Å². The summed E-state index contributed by atoms with van der Waals surface area (Å²) >= 11 is 0. The zero-order valence-corrected chi connectivity index (χ0v) is 6.38. The maximum absolute atomic E-state index is 10.1. The summed E-state index contributed by atoms with van der Waals surface area (Å²) in [5, 5.41) is 29.6. The number of carbonyl (C=O) groups excluding carboxylic acids is 1. The van der Waals surface area contributed by atoms with Crippen LogP contribution in [0.3, 0.4) is 0 Å². The molecule has 0 bridgehead atoms. The molecule has 0 fully saturated rings. The molecular weight excluding hydrogens is 167 g/mol. The van der Waals surface area contributed by atoms with Gasteiger partial charge in [0, 0.05) is 6.08 Å². The van der Waals surface area contributed by atoms with Gasteiger partial charge in [-0.1, -0.05) is 6.58 Å². The van der Waals surface area contributed by atoms with Gasteiger partial charge in [-0.3, -0.25) is 0 Å². The van der Waals surface area contributed by atoms with Crippen molar-refractivity contribution in [2.75, 3.05) is 13.2 Å². The summed E-state index contributed by atoms with van der Waals surface area (Å²) in [5.74, 6) is -0.501. The summed E-state index contributed by atoms with van der Waals surface area (Å²) in [6.07, 6.45) is 1.05. The molecule has 0 heterocycles. The molecule has 0 saturated heterocycles. The van der Waals surface area contributed by atoms with Gasteiger partial charge in [0.1, 0.15) is 6.61 Å². The zero-order valence-electron chi connectivity index (χ0n) is 6.38. The van der Waals surface area contributed by atoms with Gasteiger partial charge in [-0.15, -0.1) is 0 Å². The second-order valence-electron chi connectivity index (χ2n) is 1.44. The molecule has 0 aromatic rings. The van der Waals surface area contributed by atoms with Crippen LogP contribution in [0, 0.1) is 0 Å². The van der Waals surface area contributed by atoms with Crippen LogP contribution in [0.4, 0.5) is 0 Å². The lowest BCUT2D eigenvalue weighted by atomic mass is 10.3. The van der Waals surface area contributed by atoms with Crippen molar-refractivity contribution in [1.82, 2.24) is 0 Å². The van der Waals surface area contributed by atoms with E-state index in [9.17, 15) is 4.79 Å². The first-order valence-corrected chi connectivity index (χ1v) is 2.98. The summed E-state index contributed by atoms with van der Waals surface area (Å²) in [4.78, 5) is 10.1. The minimum atomic E-state index is -2.17. The molecule has 6 nitrogen and oxygen atoms in total. The number of aliphatic hydroxyl groups is 1. The standard InChI is InChI=1S/C5H8O3.BH3O3/c1-2-5(7)8-4-3-6;2-1(3)4/h2,6H,1,3-4H2;2-4H. The maximum Gasteiger partial charge on any atom is 0.631 e. The monoisotopic (exact) mass is 178 g/mol. The number of ether oxygens (including phenoxy) is 1. The van der Waals surface area contributed by atoms with Gasteiger partial charge in [0.15, 0.2) is 0 Å². The molecule has 0 unspecified atom stereocenters. The Morgan fingerprint density at radius 3 is 2.17 bits per heavy atom. The molecule has 0 amide bonds. The molecule has 0 aromatic heterocycles. The highest BCUT2D eigenvalue weighted by Gasteiger charge is 1.92. The molecule has 70 valence electrons. The molecule has 0 rings (SSSR count). The number of carbonyl (C=O) groups is 1. The van der Waals surface area contributed by atoms with E-state index >= 15 is 0 Å². The topological polar surface area (TPSA) is 107 Å². The summed E-state index contributed by atoms with van der Waals surface area (Å²) in [6.45, 7) is 3.06. The van der Waals surface area contributed by atoms with E-state index in [4.69, 9.17) is 20.2 Å². The molecule has 4 N–H and O–H groups in total.